The number of aryl methyl sites for hydroxylation is 2. The minimum atomic E-state index is 0.151. The molecule has 0 aliphatic heterocycles. The third-order valence-corrected chi connectivity index (χ3v) is 3.98. The van der Waals surface area contributed by atoms with E-state index in [1.54, 1.807) is 0 Å². The molecule has 3 nitrogen and oxygen atoms in total. The van der Waals surface area contributed by atoms with Gasteiger partial charge in [0.15, 0.2) is 0 Å². The van der Waals surface area contributed by atoms with Crippen LogP contribution in [0.25, 0.3) is 0 Å². The highest BCUT2D eigenvalue weighted by molar-refractivity contribution is 5.18. The molecule has 112 valence electrons. The van der Waals surface area contributed by atoms with Gasteiger partial charge in [0.1, 0.15) is 5.69 Å². The zero-order chi connectivity index (χ0) is 14.5. The standard InChI is InChI=1S/C14H20N2O.C3H8/c1-10-14(17)16(9-11-7-8-11)13-6-4-2-3-5-12(13)15-10;1-3-2/h11H,2-9H2,1H3;3H2,1-2H3. The maximum atomic E-state index is 12.2. The Hall–Kier alpha value is -1.12. The third-order valence-electron chi connectivity index (χ3n) is 3.98. The van der Waals surface area contributed by atoms with Gasteiger partial charge in [0, 0.05) is 12.2 Å². The topological polar surface area (TPSA) is 34.9 Å². The van der Waals surface area contributed by atoms with Gasteiger partial charge in [-0.1, -0.05) is 26.7 Å². The molecule has 1 heterocycles. The van der Waals surface area contributed by atoms with E-state index in [-0.39, 0.29) is 5.56 Å². The van der Waals surface area contributed by atoms with E-state index in [1.165, 1.54) is 49.9 Å². The van der Waals surface area contributed by atoms with E-state index in [1.807, 2.05) is 11.5 Å². The van der Waals surface area contributed by atoms with Crippen molar-refractivity contribution in [2.24, 2.45) is 5.92 Å². The van der Waals surface area contributed by atoms with Gasteiger partial charge in [-0.2, -0.15) is 0 Å². The molecule has 0 bridgehead atoms. The van der Waals surface area contributed by atoms with Crippen molar-refractivity contribution in [2.75, 3.05) is 0 Å². The van der Waals surface area contributed by atoms with E-state index >= 15 is 0 Å². The molecule has 0 amide bonds. The minimum Gasteiger partial charge on any atom is -0.309 e. The maximum Gasteiger partial charge on any atom is 0.272 e. The molecular formula is C17H28N2O. The summed E-state index contributed by atoms with van der Waals surface area (Å²) in [4.78, 5) is 16.7. The first-order chi connectivity index (χ1) is 9.67. The van der Waals surface area contributed by atoms with Crippen LogP contribution in [0, 0.1) is 12.8 Å². The molecule has 0 atom stereocenters. The Bertz CT molecular complexity index is 500. The predicted octanol–water partition coefficient (Wildman–Crippen LogP) is 3.65. The van der Waals surface area contributed by atoms with Gasteiger partial charge < -0.3 is 4.57 Å². The Morgan fingerprint density at radius 1 is 1.15 bits per heavy atom. The highest BCUT2D eigenvalue weighted by Gasteiger charge is 2.25. The third kappa shape index (κ3) is 3.71. The van der Waals surface area contributed by atoms with Crippen LogP contribution >= 0.6 is 0 Å². The molecule has 0 N–H and O–H groups in total. The Labute approximate surface area is 122 Å². The summed E-state index contributed by atoms with van der Waals surface area (Å²) in [7, 11) is 0. The SMILES string of the molecule is CCC.Cc1nc2c(n(CC3CC3)c1=O)CCCCC2. The van der Waals surface area contributed by atoms with Gasteiger partial charge in [-0.3, -0.25) is 9.78 Å². The molecule has 3 rings (SSSR count). The highest BCUT2D eigenvalue weighted by atomic mass is 16.1. The maximum absolute atomic E-state index is 12.2. The second kappa shape index (κ2) is 7.05. The lowest BCUT2D eigenvalue weighted by molar-refractivity contribution is 0.561. The van der Waals surface area contributed by atoms with Crippen LogP contribution in [0.3, 0.4) is 0 Å². The first-order valence-electron chi connectivity index (χ1n) is 8.26. The van der Waals surface area contributed by atoms with Gasteiger partial charge in [-0.15, -0.1) is 0 Å². The predicted molar refractivity (Wildman–Crippen MR) is 83.2 cm³/mol. The summed E-state index contributed by atoms with van der Waals surface area (Å²) >= 11 is 0. The van der Waals surface area contributed by atoms with E-state index in [2.05, 4.69) is 18.8 Å². The average molecular weight is 276 g/mol. The monoisotopic (exact) mass is 276 g/mol. The van der Waals surface area contributed by atoms with Gasteiger partial charge in [-0.05, 0) is 51.4 Å². The van der Waals surface area contributed by atoms with Crippen molar-refractivity contribution in [2.45, 2.75) is 78.7 Å². The summed E-state index contributed by atoms with van der Waals surface area (Å²) in [5.41, 5.74) is 3.27. The highest BCUT2D eigenvalue weighted by Crippen LogP contribution is 2.31. The van der Waals surface area contributed by atoms with Crippen molar-refractivity contribution < 1.29 is 0 Å². The molecule has 1 aromatic heterocycles. The Kier molecular flexibility index (Phi) is 5.38. The van der Waals surface area contributed by atoms with E-state index < -0.39 is 0 Å². The second-order valence-corrected chi connectivity index (χ2v) is 6.22. The summed E-state index contributed by atoms with van der Waals surface area (Å²) < 4.78 is 2.04. The smallest absolute Gasteiger partial charge is 0.272 e. The molecule has 3 heteroatoms. The van der Waals surface area contributed by atoms with Gasteiger partial charge in [0.05, 0.1) is 5.69 Å². The fraction of sp³-hybridized carbons (Fsp3) is 0.765. The Balaban J connectivity index is 0.000000452. The van der Waals surface area contributed by atoms with E-state index in [0.29, 0.717) is 5.69 Å². The van der Waals surface area contributed by atoms with Gasteiger partial charge in [-0.25, -0.2) is 0 Å². The molecule has 2 aliphatic rings. The number of nitrogens with zero attached hydrogens (tertiary/aromatic N) is 2. The zero-order valence-electron chi connectivity index (χ0n) is 13.2. The Morgan fingerprint density at radius 2 is 1.80 bits per heavy atom. The van der Waals surface area contributed by atoms with Crippen molar-refractivity contribution in [1.82, 2.24) is 9.55 Å². The number of fused-ring (bicyclic) bond motifs is 1. The molecule has 1 aromatic rings. The first-order valence-corrected chi connectivity index (χ1v) is 8.26. The van der Waals surface area contributed by atoms with Crippen LogP contribution in [0.5, 0.6) is 0 Å². The normalized spacial score (nSPS) is 17.8. The van der Waals surface area contributed by atoms with Crippen molar-refractivity contribution >= 4 is 0 Å². The fourth-order valence-electron chi connectivity index (χ4n) is 2.78. The summed E-state index contributed by atoms with van der Waals surface area (Å²) in [6.07, 6.45) is 9.65. The Morgan fingerprint density at radius 3 is 2.45 bits per heavy atom. The van der Waals surface area contributed by atoms with Crippen molar-refractivity contribution in [3.8, 4) is 0 Å². The quantitative estimate of drug-likeness (QED) is 0.773. The largest absolute Gasteiger partial charge is 0.309 e. The summed E-state index contributed by atoms with van der Waals surface area (Å²) in [6.45, 7) is 7.04. The molecule has 0 saturated heterocycles. The number of aromatic nitrogens is 2. The molecule has 0 aromatic carbocycles. The molecule has 1 saturated carbocycles. The molecule has 20 heavy (non-hydrogen) atoms. The fourth-order valence-corrected chi connectivity index (χ4v) is 2.78. The first kappa shape index (κ1) is 15.3. The lowest BCUT2D eigenvalue weighted by atomic mass is 10.2. The zero-order valence-corrected chi connectivity index (χ0v) is 13.2. The molecule has 0 unspecified atom stereocenters. The summed E-state index contributed by atoms with van der Waals surface area (Å²) in [5, 5.41) is 0. The average Bonchev–Trinajstić information content (AvgIpc) is 3.22. The molecule has 0 radical (unpaired) electrons. The second-order valence-electron chi connectivity index (χ2n) is 6.22. The van der Waals surface area contributed by atoms with Crippen molar-refractivity contribution in [1.29, 1.82) is 0 Å². The van der Waals surface area contributed by atoms with E-state index in [0.717, 1.165) is 25.3 Å². The van der Waals surface area contributed by atoms with Crippen LogP contribution in [-0.2, 0) is 19.4 Å². The van der Waals surface area contributed by atoms with Crippen molar-refractivity contribution in [3.05, 3.63) is 27.4 Å². The van der Waals surface area contributed by atoms with Crippen LogP contribution in [-0.4, -0.2) is 9.55 Å². The lowest BCUT2D eigenvalue weighted by Gasteiger charge is -2.15. The van der Waals surface area contributed by atoms with Crippen LogP contribution in [0.1, 0.15) is 69.5 Å². The lowest BCUT2D eigenvalue weighted by Crippen LogP contribution is -2.29. The van der Waals surface area contributed by atoms with E-state index in [9.17, 15) is 4.79 Å². The van der Waals surface area contributed by atoms with Crippen LogP contribution in [0.4, 0.5) is 0 Å². The minimum absolute atomic E-state index is 0.151. The molecule has 1 fully saturated rings. The van der Waals surface area contributed by atoms with Crippen LogP contribution < -0.4 is 5.56 Å². The van der Waals surface area contributed by atoms with Gasteiger partial charge in [0.25, 0.3) is 5.56 Å². The molecular weight excluding hydrogens is 248 g/mol. The summed E-state index contributed by atoms with van der Waals surface area (Å²) in [5.74, 6) is 0.752. The molecule has 0 spiro atoms. The van der Waals surface area contributed by atoms with Gasteiger partial charge >= 0.3 is 0 Å². The van der Waals surface area contributed by atoms with Crippen LogP contribution in [0.2, 0.25) is 0 Å². The van der Waals surface area contributed by atoms with Crippen LogP contribution in [0.15, 0.2) is 4.79 Å². The van der Waals surface area contributed by atoms with E-state index in [4.69, 9.17) is 0 Å². The van der Waals surface area contributed by atoms with Gasteiger partial charge in [0.2, 0.25) is 0 Å². The van der Waals surface area contributed by atoms with Crippen molar-refractivity contribution in [3.63, 3.8) is 0 Å². The number of rotatable bonds is 2. The number of hydrogen-bond acceptors (Lipinski definition) is 2. The molecule has 2 aliphatic carbocycles. The number of hydrogen-bond donors (Lipinski definition) is 0. The summed E-state index contributed by atoms with van der Waals surface area (Å²) in [6, 6.07) is 0.